The van der Waals surface area contributed by atoms with Crippen molar-refractivity contribution in [1.82, 2.24) is 24.5 Å². The number of aromatic nitrogens is 2. The molecule has 4 rings (SSSR count). The normalized spacial score (nSPS) is 25.5. The second-order valence-corrected chi connectivity index (χ2v) is 9.26. The molecule has 0 aromatic carbocycles. The first-order valence-corrected chi connectivity index (χ1v) is 12.2. The molecule has 154 valence electrons. The summed E-state index contributed by atoms with van der Waals surface area (Å²) in [6.45, 7) is 5.32. The number of carbonyl (C=O) groups excluding carboxylic acids is 2. The summed E-state index contributed by atoms with van der Waals surface area (Å²) in [6, 6.07) is -0.190. The highest BCUT2D eigenvalue weighted by Crippen LogP contribution is 2.24. The lowest BCUT2D eigenvalue weighted by Crippen LogP contribution is -2.50. The van der Waals surface area contributed by atoms with Gasteiger partial charge in [-0.1, -0.05) is 0 Å². The molecule has 3 fully saturated rings. The number of likely N-dealkylation sites (tertiary alicyclic amines) is 1. The fraction of sp³-hybridized carbons (Fsp3) is 0.778. The topological polar surface area (TPSA) is 81.7 Å². The van der Waals surface area contributed by atoms with Gasteiger partial charge in [-0.15, -0.1) is 0 Å². The molecule has 1 N–H and O–H groups in total. The monoisotopic (exact) mass is 424 g/mol. The number of thioether (sulfide) groups is 1. The van der Waals surface area contributed by atoms with Crippen LogP contribution in [0.15, 0.2) is 0 Å². The zero-order valence-corrected chi connectivity index (χ0v) is 17.9. The molecule has 1 aromatic heterocycles. The SMILES string of the molecule is CSCc1nsc(N2CCN(C(=O)[C@@H]3CN[C@H](C(=O)N4CCCC4)C3)CC2)n1. The van der Waals surface area contributed by atoms with Gasteiger partial charge in [0.2, 0.25) is 16.9 Å². The van der Waals surface area contributed by atoms with Crippen LogP contribution in [-0.2, 0) is 15.3 Å². The van der Waals surface area contributed by atoms with Crippen molar-refractivity contribution < 1.29 is 9.59 Å². The summed E-state index contributed by atoms with van der Waals surface area (Å²) >= 11 is 3.16. The maximum absolute atomic E-state index is 12.9. The fourth-order valence-electron chi connectivity index (χ4n) is 4.21. The zero-order valence-electron chi connectivity index (χ0n) is 16.3. The van der Waals surface area contributed by atoms with Crippen molar-refractivity contribution in [1.29, 1.82) is 0 Å². The minimum Gasteiger partial charge on any atom is -0.343 e. The number of amides is 2. The molecule has 8 nitrogen and oxygen atoms in total. The fourth-order valence-corrected chi connectivity index (χ4v) is 5.41. The first kappa shape index (κ1) is 19.9. The van der Waals surface area contributed by atoms with Crippen LogP contribution in [0.1, 0.15) is 25.1 Å². The van der Waals surface area contributed by atoms with Crippen LogP contribution in [0.4, 0.5) is 5.13 Å². The minimum atomic E-state index is -0.190. The standard InChI is InChI=1S/C18H28N6O2S2/c1-27-12-15-20-18(28-21-15)24-8-6-23(7-9-24)16(25)13-10-14(19-11-13)17(26)22-4-2-3-5-22/h13-14,19H,2-12H2,1H3/t13-,14-/m0/s1. The van der Waals surface area contributed by atoms with Crippen molar-refractivity contribution in [2.45, 2.75) is 31.1 Å². The Bertz CT molecular complexity index is 700. The van der Waals surface area contributed by atoms with E-state index in [2.05, 4.69) is 19.6 Å². The lowest BCUT2D eigenvalue weighted by molar-refractivity contribution is -0.135. The van der Waals surface area contributed by atoms with Gasteiger partial charge in [-0.3, -0.25) is 9.59 Å². The molecule has 0 unspecified atom stereocenters. The van der Waals surface area contributed by atoms with Crippen LogP contribution in [0.3, 0.4) is 0 Å². The van der Waals surface area contributed by atoms with E-state index in [1.165, 1.54) is 11.5 Å². The Balaban J connectivity index is 1.26. The van der Waals surface area contributed by atoms with E-state index in [9.17, 15) is 9.59 Å². The summed E-state index contributed by atoms with van der Waals surface area (Å²) in [5.74, 6) is 2.00. The molecule has 28 heavy (non-hydrogen) atoms. The maximum atomic E-state index is 12.9. The van der Waals surface area contributed by atoms with Gasteiger partial charge in [0.1, 0.15) is 0 Å². The summed E-state index contributed by atoms with van der Waals surface area (Å²) in [5, 5.41) is 4.24. The Hall–Kier alpha value is -1.39. The maximum Gasteiger partial charge on any atom is 0.239 e. The second-order valence-electron chi connectivity index (χ2n) is 7.66. The molecule has 0 aliphatic carbocycles. The van der Waals surface area contributed by atoms with Gasteiger partial charge in [0.05, 0.1) is 17.7 Å². The molecule has 10 heteroatoms. The lowest BCUT2D eigenvalue weighted by Gasteiger charge is -2.35. The van der Waals surface area contributed by atoms with Crippen LogP contribution >= 0.6 is 23.3 Å². The number of hydrogen-bond acceptors (Lipinski definition) is 8. The van der Waals surface area contributed by atoms with E-state index in [-0.39, 0.29) is 23.8 Å². The van der Waals surface area contributed by atoms with Gasteiger partial charge in [-0.05, 0) is 25.5 Å². The quantitative estimate of drug-likeness (QED) is 0.743. The number of piperazine rings is 1. The molecule has 3 saturated heterocycles. The third kappa shape index (κ3) is 4.28. The number of hydrogen-bond donors (Lipinski definition) is 1. The van der Waals surface area contributed by atoms with E-state index in [0.29, 0.717) is 26.1 Å². The molecule has 0 spiro atoms. The highest BCUT2D eigenvalue weighted by molar-refractivity contribution is 7.97. The Morgan fingerprint density at radius 3 is 2.54 bits per heavy atom. The first-order valence-electron chi connectivity index (χ1n) is 10.0. The molecule has 3 aliphatic heterocycles. The van der Waals surface area contributed by atoms with Crippen LogP contribution in [0.5, 0.6) is 0 Å². The Morgan fingerprint density at radius 2 is 1.82 bits per heavy atom. The van der Waals surface area contributed by atoms with Crippen molar-refractivity contribution in [3.8, 4) is 0 Å². The number of nitrogens with zero attached hydrogens (tertiary/aromatic N) is 5. The molecule has 1 aromatic rings. The summed E-state index contributed by atoms with van der Waals surface area (Å²) < 4.78 is 4.40. The predicted octanol–water partition coefficient (Wildman–Crippen LogP) is 0.650. The molecule has 0 saturated carbocycles. The summed E-state index contributed by atoms with van der Waals surface area (Å²) in [7, 11) is 0. The zero-order chi connectivity index (χ0) is 19.5. The average molecular weight is 425 g/mol. The van der Waals surface area contributed by atoms with Crippen LogP contribution in [0, 0.1) is 5.92 Å². The van der Waals surface area contributed by atoms with E-state index >= 15 is 0 Å². The van der Waals surface area contributed by atoms with Gasteiger partial charge >= 0.3 is 0 Å². The van der Waals surface area contributed by atoms with Crippen molar-refractivity contribution in [3.63, 3.8) is 0 Å². The molecule has 2 amide bonds. The van der Waals surface area contributed by atoms with E-state index in [1.807, 2.05) is 16.1 Å². The number of rotatable bonds is 5. The largest absolute Gasteiger partial charge is 0.343 e. The molecule has 0 radical (unpaired) electrons. The highest BCUT2D eigenvalue weighted by atomic mass is 32.2. The van der Waals surface area contributed by atoms with Gasteiger partial charge in [-0.25, -0.2) is 4.98 Å². The predicted molar refractivity (Wildman–Crippen MR) is 112 cm³/mol. The van der Waals surface area contributed by atoms with Crippen molar-refractivity contribution in [2.24, 2.45) is 5.92 Å². The summed E-state index contributed by atoms with van der Waals surface area (Å²) in [6.07, 6.45) is 4.87. The van der Waals surface area contributed by atoms with Crippen molar-refractivity contribution >= 4 is 40.2 Å². The second kappa shape index (κ2) is 8.96. The molecule has 4 heterocycles. The van der Waals surface area contributed by atoms with Gasteiger partial charge in [0.25, 0.3) is 0 Å². The third-order valence-electron chi connectivity index (χ3n) is 5.79. The molecular formula is C18H28N6O2S2. The van der Waals surface area contributed by atoms with Gasteiger partial charge in [0.15, 0.2) is 5.82 Å². The lowest BCUT2D eigenvalue weighted by atomic mass is 10.0. The third-order valence-corrected chi connectivity index (χ3v) is 7.15. The number of nitrogens with one attached hydrogen (secondary N) is 1. The van der Waals surface area contributed by atoms with Crippen LogP contribution in [-0.4, -0.2) is 89.1 Å². The highest BCUT2D eigenvalue weighted by Gasteiger charge is 2.38. The average Bonchev–Trinajstić information content (AvgIpc) is 3.49. The Labute approximate surface area is 174 Å². The van der Waals surface area contributed by atoms with Crippen molar-refractivity contribution in [3.05, 3.63) is 5.82 Å². The van der Waals surface area contributed by atoms with Crippen LogP contribution in [0.25, 0.3) is 0 Å². The smallest absolute Gasteiger partial charge is 0.239 e. The number of anilines is 1. The van der Waals surface area contributed by atoms with E-state index in [0.717, 1.165) is 55.7 Å². The van der Waals surface area contributed by atoms with E-state index < -0.39 is 0 Å². The number of carbonyl (C=O) groups is 2. The van der Waals surface area contributed by atoms with Crippen molar-refractivity contribution in [2.75, 3.05) is 57.0 Å². The van der Waals surface area contributed by atoms with Gasteiger partial charge in [-0.2, -0.15) is 16.1 Å². The molecular weight excluding hydrogens is 396 g/mol. The first-order chi connectivity index (χ1) is 13.7. The molecule has 2 atom stereocenters. The Morgan fingerprint density at radius 1 is 1.11 bits per heavy atom. The van der Waals surface area contributed by atoms with Gasteiger partial charge in [0, 0.05) is 57.3 Å². The minimum absolute atomic E-state index is 0.0854. The van der Waals surface area contributed by atoms with Crippen LogP contribution < -0.4 is 10.2 Å². The van der Waals surface area contributed by atoms with E-state index in [1.54, 1.807) is 11.8 Å². The van der Waals surface area contributed by atoms with E-state index in [4.69, 9.17) is 0 Å². The Kier molecular flexibility index (Phi) is 6.37. The summed E-state index contributed by atoms with van der Waals surface area (Å²) in [4.78, 5) is 36.2. The van der Waals surface area contributed by atoms with Crippen LogP contribution in [0.2, 0.25) is 0 Å². The summed E-state index contributed by atoms with van der Waals surface area (Å²) in [5.41, 5.74) is 0. The molecule has 3 aliphatic rings. The van der Waals surface area contributed by atoms with Gasteiger partial charge < -0.3 is 20.0 Å². The molecule has 0 bridgehead atoms.